The molecule has 10 heteroatoms. The number of phenolic OH excluding ortho intramolecular Hbond substituents is 2. The molecule has 0 aliphatic heterocycles. The van der Waals surface area contributed by atoms with Gasteiger partial charge < -0.3 is 48.8 Å². The van der Waals surface area contributed by atoms with Crippen LogP contribution in [-0.2, 0) is 31.8 Å². The van der Waals surface area contributed by atoms with E-state index in [0.29, 0.717) is 125 Å². The van der Waals surface area contributed by atoms with Crippen LogP contribution in [0.5, 0.6) is 23.0 Å². The van der Waals surface area contributed by atoms with E-state index in [4.69, 9.17) is 38.6 Å². The molecule has 10 nitrogen and oxygen atoms in total. The third kappa shape index (κ3) is 19.7. The zero-order valence-corrected chi connectivity index (χ0v) is 41.6. The Morgan fingerprint density at radius 3 is 1.20 bits per heavy atom. The van der Waals surface area contributed by atoms with Gasteiger partial charge in [-0.05, 0) is 134 Å². The molecule has 4 N–H and O–H groups in total. The van der Waals surface area contributed by atoms with Crippen molar-refractivity contribution in [2.24, 2.45) is 35.5 Å². The number of phenols is 2. The van der Waals surface area contributed by atoms with Gasteiger partial charge in [0.2, 0.25) is 0 Å². The van der Waals surface area contributed by atoms with E-state index < -0.39 is 0 Å². The van der Waals surface area contributed by atoms with Crippen molar-refractivity contribution in [3.8, 4) is 23.0 Å². The fourth-order valence-corrected chi connectivity index (χ4v) is 10.0. The van der Waals surface area contributed by atoms with Crippen LogP contribution >= 0.6 is 0 Å². The lowest BCUT2D eigenvalue weighted by atomic mass is 9.67. The Labute approximate surface area is 389 Å². The van der Waals surface area contributed by atoms with E-state index in [1.807, 2.05) is 12.1 Å². The van der Waals surface area contributed by atoms with E-state index in [-0.39, 0.29) is 13.2 Å². The first-order chi connectivity index (χ1) is 30.9. The van der Waals surface area contributed by atoms with Gasteiger partial charge in [-0.3, -0.25) is 0 Å². The van der Waals surface area contributed by atoms with E-state index in [9.17, 15) is 10.2 Å². The van der Waals surface area contributed by atoms with Gasteiger partial charge in [0, 0.05) is 11.1 Å². The monoisotopic (exact) mass is 901 g/mol. The minimum atomic E-state index is 0.0289. The summed E-state index contributed by atoms with van der Waals surface area (Å²) in [5, 5.41) is 39.8. The Kier molecular flexibility index (Phi) is 28.0. The molecule has 368 valence electrons. The van der Waals surface area contributed by atoms with E-state index in [1.165, 1.54) is 51.4 Å². The van der Waals surface area contributed by atoms with Crippen LogP contribution in [0, 0.1) is 35.5 Å². The number of aliphatic hydroxyl groups excluding tert-OH is 2. The largest absolute Gasteiger partial charge is 0.508 e. The normalized spacial score (nSPS) is 21.2. The van der Waals surface area contributed by atoms with Gasteiger partial charge >= 0.3 is 0 Å². The molecule has 2 aliphatic rings. The minimum Gasteiger partial charge on any atom is -0.508 e. The first kappa shape index (κ1) is 55.7. The highest BCUT2D eigenvalue weighted by Crippen LogP contribution is 2.51. The predicted molar refractivity (Wildman–Crippen MR) is 259 cm³/mol. The van der Waals surface area contributed by atoms with Gasteiger partial charge in [-0.25, -0.2) is 0 Å². The molecule has 0 heterocycles. The summed E-state index contributed by atoms with van der Waals surface area (Å²) in [6.07, 6.45) is 16.1. The lowest BCUT2D eigenvalue weighted by Crippen LogP contribution is -2.26. The molecule has 2 aliphatic carbocycles. The third-order valence-electron chi connectivity index (χ3n) is 13.5. The summed E-state index contributed by atoms with van der Waals surface area (Å²) in [5.74, 6) is 6.71. The van der Waals surface area contributed by atoms with Crippen molar-refractivity contribution >= 4 is 0 Å². The number of benzene rings is 2. The van der Waals surface area contributed by atoms with Gasteiger partial charge in [0.15, 0.2) is 0 Å². The highest BCUT2D eigenvalue weighted by molar-refractivity contribution is 5.51. The summed E-state index contributed by atoms with van der Waals surface area (Å²) in [4.78, 5) is 0. The summed E-state index contributed by atoms with van der Waals surface area (Å²) in [7, 11) is 0. The molecule has 0 bridgehead atoms. The van der Waals surface area contributed by atoms with Crippen LogP contribution < -0.4 is 9.47 Å². The maximum absolute atomic E-state index is 11.1. The Morgan fingerprint density at radius 1 is 0.500 bits per heavy atom. The summed E-state index contributed by atoms with van der Waals surface area (Å²) in [6.45, 7) is 22.7. The average Bonchev–Trinajstić information content (AvgIpc) is 3.25. The summed E-state index contributed by atoms with van der Waals surface area (Å²) in [6, 6.07) is 8.27. The number of rotatable bonds is 30. The molecule has 2 saturated carbocycles. The van der Waals surface area contributed by atoms with Crippen LogP contribution in [0.25, 0.3) is 0 Å². The van der Waals surface area contributed by atoms with Crippen molar-refractivity contribution in [3.05, 3.63) is 46.5 Å². The van der Waals surface area contributed by atoms with Crippen LogP contribution in [0.3, 0.4) is 0 Å². The summed E-state index contributed by atoms with van der Waals surface area (Å²) in [5.41, 5.74) is 4.30. The van der Waals surface area contributed by atoms with Crippen molar-refractivity contribution < 1.29 is 48.8 Å². The van der Waals surface area contributed by atoms with E-state index in [1.54, 1.807) is 0 Å². The Bertz CT molecular complexity index is 1400. The number of hydrogen-bond donors (Lipinski definition) is 4. The molecule has 0 saturated heterocycles. The molecule has 0 amide bonds. The highest BCUT2D eigenvalue weighted by atomic mass is 16.6. The number of aliphatic hydroxyl groups is 2. The molecular formula is C54H92O10. The summed E-state index contributed by atoms with van der Waals surface area (Å²) >= 11 is 0. The molecule has 4 rings (SSSR count). The third-order valence-corrected chi connectivity index (χ3v) is 13.5. The number of unbranched alkanes of at least 4 members (excludes halogenated alkanes) is 4. The van der Waals surface area contributed by atoms with Gasteiger partial charge in [-0.1, -0.05) is 93.9 Å². The van der Waals surface area contributed by atoms with E-state index in [2.05, 4.69) is 67.5 Å². The fraction of sp³-hybridized carbons (Fsp3) is 0.778. The van der Waals surface area contributed by atoms with Crippen molar-refractivity contribution in [1.29, 1.82) is 0 Å². The molecule has 2 fully saturated rings. The molecule has 64 heavy (non-hydrogen) atoms. The van der Waals surface area contributed by atoms with Crippen LogP contribution in [0.2, 0.25) is 0 Å². The van der Waals surface area contributed by atoms with Crippen molar-refractivity contribution in [2.45, 2.75) is 157 Å². The van der Waals surface area contributed by atoms with Crippen LogP contribution in [0.15, 0.2) is 24.3 Å². The second kappa shape index (κ2) is 32.2. The Balaban J connectivity index is 0.000000340. The quantitative estimate of drug-likeness (QED) is 0.0561. The van der Waals surface area contributed by atoms with Crippen LogP contribution in [0.4, 0.5) is 0 Å². The van der Waals surface area contributed by atoms with Crippen LogP contribution in [-0.4, -0.2) is 99.7 Å². The number of aromatic hydroxyl groups is 2. The maximum Gasteiger partial charge on any atom is 0.126 e. The SMILES string of the molecule is CCCCCc1cc(O)c([C@@H]2C[C@@H](C)CC[C@H]2C(C)C)c(OCCOCCOCCO)c1.CCCCCc1cc(O)c([C@@H]2C[C@H](C)CC[C@H]2C(C)C)c(OCCOCCOCCO)c1. The van der Waals surface area contributed by atoms with E-state index in [0.717, 1.165) is 72.3 Å². The predicted octanol–water partition coefficient (Wildman–Crippen LogP) is 11.4. The van der Waals surface area contributed by atoms with Crippen molar-refractivity contribution in [1.82, 2.24) is 0 Å². The first-order valence-electron chi connectivity index (χ1n) is 25.4. The molecular weight excluding hydrogens is 809 g/mol. The molecule has 2 aromatic carbocycles. The molecule has 2 aromatic rings. The Hall–Kier alpha value is -2.60. The zero-order chi connectivity index (χ0) is 46.7. The minimum absolute atomic E-state index is 0.0289. The van der Waals surface area contributed by atoms with Gasteiger partial charge in [0.1, 0.15) is 36.2 Å². The average molecular weight is 901 g/mol. The number of hydrogen-bond acceptors (Lipinski definition) is 10. The second-order valence-corrected chi connectivity index (χ2v) is 19.4. The molecule has 0 spiro atoms. The Morgan fingerprint density at radius 2 is 0.859 bits per heavy atom. The lowest BCUT2D eigenvalue weighted by Gasteiger charge is -2.38. The number of ether oxygens (including phenoxy) is 6. The highest BCUT2D eigenvalue weighted by Gasteiger charge is 2.37. The first-order valence-corrected chi connectivity index (χ1v) is 25.4. The molecule has 0 radical (unpaired) electrons. The fourth-order valence-electron chi connectivity index (χ4n) is 10.0. The zero-order valence-electron chi connectivity index (χ0n) is 41.6. The summed E-state index contributed by atoms with van der Waals surface area (Å²) < 4.78 is 34.1. The smallest absolute Gasteiger partial charge is 0.126 e. The number of aryl methyl sites for hydroxylation is 2. The molecule has 0 unspecified atom stereocenters. The van der Waals surface area contributed by atoms with Crippen LogP contribution in [0.1, 0.15) is 167 Å². The lowest BCUT2D eigenvalue weighted by molar-refractivity contribution is 0.0245. The van der Waals surface area contributed by atoms with Crippen molar-refractivity contribution in [3.63, 3.8) is 0 Å². The van der Waals surface area contributed by atoms with Gasteiger partial charge in [0.05, 0.1) is 66.1 Å². The topological polar surface area (TPSA) is 136 Å². The van der Waals surface area contributed by atoms with E-state index >= 15 is 0 Å². The molecule has 0 aromatic heterocycles. The van der Waals surface area contributed by atoms with Gasteiger partial charge in [-0.15, -0.1) is 0 Å². The standard InChI is InChI=1S/2C27H46O5/c2*1-5-6-7-8-22-18-25(29)27(24-17-21(4)9-10-23(24)20(2)3)26(19-22)32-16-15-31-14-13-30-12-11-28/h2*18-21,23-24,28-29H,5-17H2,1-4H3/t21-,23+,24-;21-,23-,24+/m10/s1. The second-order valence-electron chi connectivity index (χ2n) is 19.4. The molecule has 6 atom stereocenters. The van der Waals surface area contributed by atoms with Gasteiger partial charge in [-0.2, -0.15) is 0 Å². The van der Waals surface area contributed by atoms with Gasteiger partial charge in [0.25, 0.3) is 0 Å². The van der Waals surface area contributed by atoms with Crippen molar-refractivity contribution in [2.75, 3.05) is 79.3 Å². The maximum atomic E-state index is 11.1.